The number of nitrogens with zero attached hydrogens (tertiary/aromatic N) is 2. The lowest BCUT2D eigenvalue weighted by Crippen LogP contribution is -2.41. The van der Waals surface area contributed by atoms with Gasteiger partial charge in [0, 0.05) is 36.2 Å². The lowest BCUT2D eigenvalue weighted by Gasteiger charge is -2.38. The number of hydrogen-bond acceptors (Lipinski definition) is 4. The third-order valence-corrected chi connectivity index (χ3v) is 5.49. The summed E-state index contributed by atoms with van der Waals surface area (Å²) in [6.45, 7) is 3.21. The zero-order valence-corrected chi connectivity index (χ0v) is 16.4. The molecule has 1 aromatic heterocycles. The molecule has 2 amide bonds. The second-order valence-corrected chi connectivity index (χ2v) is 6.95. The van der Waals surface area contributed by atoms with Crippen LogP contribution in [0.4, 0.5) is 8.68 Å². The molecule has 0 bridgehead atoms. The molecule has 0 saturated carbocycles. The molecule has 6 nitrogen and oxygen atoms in total. The normalized spacial score (nSPS) is 18.3. The Bertz CT molecular complexity index is 834. The molecule has 3 N–H and O–H groups in total. The van der Waals surface area contributed by atoms with Crippen molar-refractivity contribution in [3.8, 4) is 0 Å². The van der Waals surface area contributed by atoms with Crippen LogP contribution >= 0.6 is 12.1 Å². The van der Waals surface area contributed by atoms with Crippen molar-refractivity contribution >= 4 is 34.7 Å². The van der Waals surface area contributed by atoms with E-state index in [2.05, 4.69) is 45.2 Å². The summed E-state index contributed by atoms with van der Waals surface area (Å²) >= 11 is 0.431. The largest absolute Gasteiger partial charge is 0.361 e. The van der Waals surface area contributed by atoms with Gasteiger partial charge in [0.05, 0.1) is 25.1 Å². The number of hydroxylamine groups is 2. The Labute approximate surface area is 162 Å². The fourth-order valence-corrected chi connectivity index (χ4v) is 4.29. The second kappa shape index (κ2) is 8.77. The number of nitrogens with two attached hydrogens (primary N) is 1. The smallest absolute Gasteiger partial charge is 0.338 e. The van der Waals surface area contributed by atoms with Crippen LogP contribution in [0.15, 0.2) is 30.5 Å². The number of urea groups is 1. The van der Waals surface area contributed by atoms with Gasteiger partial charge in [-0.1, -0.05) is 18.2 Å². The third-order valence-electron chi connectivity index (χ3n) is 5.06. The molecule has 0 fully saturated rings. The predicted octanol–water partition coefficient (Wildman–Crippen LogP) is 3.71. The van der Waals surface area contributed by atoms with Crippen LogP contribution in [0.1, 0.15) is 24.5 Å². The first-order valence-corrected chi connectivity index (χ1v) is 9.87. The average Bonchev–Trinajstić information content (AvgIpc) is 3.08. The van der Waals surface area contributed by atoms with Crippen LogP contribution in [-0.4, -0.2) is 53.1 Å². The third kappa shape index (κ3) is 3.97. The van der Waals surface area contributed by atoms with E-state index in [1.54, 1.807) is 6.92 Å². The summed E-state index contributed by atoms with van der Waals surface area (Å²) < 4.78 is 12.7. The Balaban J connectivity index is 0.000000226. The predicted molar refractivity (Wildman–Crippen MR) is 108 cm³/mol. The Morgan fingerprint density at radius 1 is 1.52 bits per heavy atom. The number of hydrogen-bond donors (Lipinski definition) is 2. The first-order valence-electron chi connectivity index (χ1n) is 8.98. The van der Waals surface area contributed by atoms with E-state index in [1.807, 2.05) is 0 Å². The quantitative estimate of drug-likeness (QED) is 0.778. The highest BCUT2D eigenvalue weighted by molar-refractivity contribution is 7.94. The van der Waals surface area contributed by atoms with Crippen molar-refractivity contribution in [2.24, 2.45) is 5.73 Å². The van der Waals surface area contributed by atoms with E-state index in [4.69, 9.17) is 5.73 Å². The number of aromatic nitrogens is 1. The van der Waals surface area contributed by atoms with Crippen LogP contribution in [0, 0.1) is 0 Å². The molecule has 0 radical (unpaired) electrons. The van der Waals surface area contributed by atoms with Crippen LogP contribution in [0.3, 0.4) is 0 Å². The second-order valence-electron chi connectivity index (χ2n) is 6.48. The molecule has 1 aliphatic carbocycles. The van der Waals surface area contributed by atoms with Crippen molar-refractivity contribution in [1.29, 1.82) is 0 Å². The van der Waals surface area contributed by atoms with Gasteiger partial charge in [0.15, 0.2) is 0 Å². The molecule has 8 heteroatoms. The van der Waals surface area contributed by atoms with Crippen LogP contribution in [0.5, 0.6) is 0 Å². The molecular formula is C19H25FN4O2S. The number of nitrogens with one attached hydrogen (secondary N) is 1. The van der Waals surface area contributed by atoms with Crippen molar-refractivity contribution in [2.45, 2.75) is 25.8 Å². The molecule has 2 aromatic rings. The Morgan fingerprint density at radius 2 is 2.33 bits per heavy atom. The molecule has 1 aromatic carbocycles. The molecule has 27 heavy (non-hydrogen) atoms. The van der Waals surface area contributed by atoms with Gasteiger partial charge in [-0.05, 0) is 42.5 Å². The zero-order valence-electron chi connectivity index (χ0n) is 15.6. The topological polar surface area (TPSA) is 74.6 Å². The van der Waals surface area contributed by atoms with Gasteiger partial charge in [-0.15, -0.1) is 0 Å². The Morgan fingerprint density at radius 3 is 2.96 bits per heavy atom. The van der Waals surface area contributed by atoms with E-state index in [-0.39, 0.29) is 0 Å². The molecule has 1 aliphatic heterocycles. The van der Waals surface area contributed by atoms with Gasteiger partial charge in [0.2, 0.25) is 0 Å². The van der Waals surface area contributed by atoms with E-state index >= 15 is 0 Å². The SMILES string of the molecule is CCN(OC)C(N)=O.FSCN1CCC=C2c3cccc4[nH]cc(c34)CC21. The van der Waals surface area contributed by atoms with Crippen LogP contribution < -0.4 is 5.73 Å². The number of fused-ring (bicyclic) bond motifs is 2. The molecule has 1 atom stereocenters. The van der Waals surface area contributed by atoms with Crippen molar-refractivity contribution in [3.63, 3.8) is 0 Å². The van der Waals surface area contributed by atoms with E-state index in [9.17, 15) is 8.68 Å². The fourth-order valence-electron chi connectivity index (χ4n) is 3.86. The van der Waals surface area contributed by atoms with Crippen molar-refractivity contribution in [3.05, 3.63) is 41.6 Å². The summed E-state index contributed by atoms with van der Waals surface area (Å²) in [7, 11) is 1.40. The van der Waals surface area contributed by atoms with Gasteiger partial charge < -0.3 is 10.7 Å². The maximum absolute atomic E-state index is 12.7. The molecule has 0 saturated heterocycles. The number of benzene rings is 1. The number of rotatable bonds is 4. The van der Waals surface area contributed by atoms with E-state index in [0.29, 0.717) is 30.6 Å². The first kappa shape index (κ1) is 19.7. The minimum Gasteiger partial charge on any atom is -0.361 e. The van der Waals surface area contributed by atoms with E-state index < -0.39 is 6.03 Å². The van der Waals surface area contributed by atoms with Gasteiger partial charge in [0.1, 0.15) is 0 Å². The van der Waals surface area contributed by atoms with E-state index in [1.165, 1.54) is 34.7 Å². The lowest BCUT2D eigenvalue weighted by molar-refractivity contribution is -0.0792. The number of aromatic amines is 1. The Kier molecular flexibility index (Phi) is 6.41. The maximum Gasteiger partial charge on any atom is 0.338 e. The molecule has 4 rings (SSSR count). The molecular weight excluding hydrogens is 367 g/mol. The maximum atomic E-state index is 12.7. The summed E-state index contributed by atoms with van der Waals surface area (Å²) in [5.74, 6) is 0.470. The molecule has 146 valence electrons. The van der Waals surface area contributed by atoms with Crippen LogP contribution in [0.25, 0.3) is 16.5 Å². The summed E-state index contributed by atoms with van der Waals surface area (Å²) in [6, 6.07) is 6.20. The number of halogens is 1. The highest BCUT2D eigenvalue weighted by Crippen LogP contribution is 2.40. The molecule has 0 spiro atoms. The average molecular weight is 393 g/mol. The van der Waals surface area contributed by atoms with Gasteiger partial charge in [-0.2, -0.15) is 3.89 Å². The minimum absolute atomic E-state index is 0.339. The van der Waals surface area contributed by atoms with Crippen LogP contribution in [-0.2, 0) is 11.3 Å². The summed E-state index contributed by atoms with van der Waals surface area (Å²) in [5.41, 5.74) is 10.1. The zero-order chi connectivity index (χ0) is 19.4. The number of primary amides is 1. The summed E-state index contributed by atoms with van der Waals surface area (Å²) in [6.07, 6.45) is 6.46. The number of carbonyl (C=O) groups excluding carboxylic acids is 1. The van der Waals surface area contributed by atoms with Crippen molar-refractivity contribution < 1.29 is 13.5 Å². The van der Waals surface area contributed by atoms with Gasteiger partial charge in [-0.25, -0.2) is 9.86 Å². The van der Waals surface area contributed by atoms with Gasteiger partial charge in [-0.3, -0.25) is 9.74 Å². The molecule has 1 unspecified atom stereocenters. The highest BCUT2D eigenvalue weighted by Gasteiger charge is 2.32. The van der Waals surface area contributed by atoms with E-state index in [0.717, 1.165) is 24.4 Å². The van der Waals surface area contributed by atoms with Crippen molar-refractivity contribution in [2.75, 3.05) is 26.1 Å². The molecule has 2 aliphatic rings. The Hall–Kier alpha value is -2.03. The lowest BCUT2D eigenvalue weighted by atomic mass is 9.82. The van der Waals surface area contributed by atoms with Gasteiger partial charge in [0.25, 0.3) is 0 Å². The summed E-state index contributed by atoms with van der Waals surface area (Å²) in [4.78, 5) is 20.3. The first-order chi connectivity index (χ1) is 13.1. The number of carbonyl (C=O) groups is 1. The monoisotopic (exact) mass is 392 g/mol. The van der Waals surface area contributed by atoms with Crippen LogP contribution in [0.2, 0.25) is 0 Å². The van der Waals surface area contributed by atoms with Crippen molar-refractivity contribution in [1.82, 2.24) is 14.9 Å². The van der Waals surface area contributed by atoms with Gasteiger partial charge >= 0.3 is 6.03 Å². The highest BCUT2D eigenvalue weighted by atomic mass is 32.2. The minimum atomic E-state index is -0.560. The summed E-state index contributed by atoms with van der Waals surface area (Å²) in [5, 5.41) is 2.42. The standard InChI is InChI=1S/C15H15FN2S.C4H10N2O2/c16-19-9-18-6-2-4-11-12-3-1-5-13-15(12)10(8-17-13)7-14(11)18;1-3-6(8-2)4(5)7/h1,3-5,8,14,17H,2,6-7,9H2;3H2,1-2H3,(H2,5,7). The number of amides is 2. The number of H-pyrrole nitrogens is 1. The fraction of sp³-hybridized carbons (Fsp3) is 0.421. The molecule has 2 heterocycles.